The van der Waals surface area contributed by atoms with E-state index in [2.05, 4.69) is 10.3 Å². The number of hydrogen-bond donors (Lipinski definition) is 1. The number of pyridine rings is 1. The van der Waals surface area contributed by atoms with Crippen LogP contribution < -0.4 is 5.32 Å². The summed E-state index contributed by atoms with van der Waals surface area (Å²) in [5.41, 5.74) is 2.04. The van der Waals surface area contributed by atoms with Crippen LogP contribution >= 0.6 is 0 Å². The second-order valence-electron chi connectivity index (χ2n) is 7.12. The highest BCUT2D eigenvalue weighted by Gasteiger charge is 2.14. The predicted molar refractivity (Wildman–Crippen MR) is 120 cm³/mol. The SMILES string of the molecule is CCN(CC)C(=O)Cn1ccc2cc(NC(=O)c3nccc4ccccc34)ccc21. The van der Waals surface area contributed by atoms with E-state index in [-0.39, 0.29) is 11.8 Å². The standard InChI is InChI=1S/C24H24N4O2/c1-3-27(4-2)22(29)16-28-14-12-18-15-19(9-10-21(18)28)26-24(30)23-20-8-6-5-7-17(20)11-13-25-23/h5-15H,3-4,16H2,1-2H3,(H,26,30). The summed E-state index contributed by atoms with van der Waals surface area (Å²) in [5.74, 6) is -0.154. The molecule has 0 bridgehead atoms. The molecular weight excluding hydrogens is 376 g/mol. The van der Waals surface area contributed by atoms with E-state index in [0.29, 0.717) is 31.0 Å². The molecule has 0 spiro atoms. The molecule has 0 aliphatic rings. The summed E-state index contributed by atoms with van der Waals surface area (Å²) < 4.78 is 1.94. The molecular formula is C24H24N4O2. The van der Waals surface area contributed by atoms with Crippen LogP contribution in [0.25, 0.3) is 21.7 Å². The van der Waals surface area contributed by atoms with Crippen molar-refractivity contribution in [2.45, 2.75) is 20.4 Å². The van der Waals surface area contributed by atoms with Gasteiger partial charge in [-0.1, -0.05) is 24.3 Å². The van der Waals surface area contributed by atoms with Crippen molar-refractivity contribution in [1.82, 2.24) is 14.5 Å². The Hall–Kier alpha value is -3.67. The molecule has 0 unspecified atom stereocenters. The van der Waals surface area contributed by atoms with Crippen molar-refractivity contribution in [3.8, 4) is 0 Å². The van der Waals surface area contributed by atoms with E-state index >= 15 is 0 Å². The number of aromatic nitrogens is 2. The molecule has 2 aromatic heterocycles. The van der Waals surface area contributed by atoms with Crippen LogP contribution in [0.2, 0.25) is 0 Å². The van der Waals surface area contributed by atoms with Crippen LogP contribution in [-0.4, -0.2) is 39.4 Å². The van der Waals surface area contributed by atoms with Gasteiger partial charge in [-0.3, -0.25) is 14.6 Å². The molecule has 6 heteroatoms. The van der Waals surface area contributed by atoms with E-state index in [0.717, 1.165) is 21.7 Å². The Bertz CT molecular complexity index is 1220. The first-order valence-corrected chi connectivity index (χ1v) is 10.1. The predicted octanol–water partition coefficient (Wildman–Crippen LogP) is 4.31. The monoisotopic (exact) mass is 400 g/mol. The largest absolute Gasteiger partial charge is 0.342 e. The van der Waals surface area contributed by atoms with E-state index in [4.69, 9.17) is 0 Å². The van der Waals surface area contributed by atoms with Crippen molar-refractivity contribution < 1.29 is 9.59 Å². The maximum atomic E-state index is 12.8. The Morgan fingerprint density at radius 2 is 1.80 bits per heavy atom. The molecule has 0 aliphatic heterocycles. The number of benzene rings is 2. The van der Waals surface area contributed by atoms with Gasteiger partial charge in [0.15, 0.2) is 0 Å². The second-order valence-corrected chi connectivity index (χ2v) is 7.12. The van der Waals surface area contributed by atoms with Gasteiger partial charge in [0.05, 0.1) is 0 Å². The lowest BCUT2D eigenvalue weighted by molar-refractivity contribution is -0.131. The van der Waals surface area contributed by atoms with Crippen molar-refractivity contribution >= 4 is 39.2 Å². The fourth-order valence-electron chi connectivity index (χ4n) is 3.73. The number of anilines is 1. The molecule has 0 saturated heterocycles. The first-order valence-electron chi connectivity index (χ1n) is 10.1. The van der Waals surface area contributed by atoms with Gasteiger partial charge in [-0.05, 0) is 49.6 Å². The average Bonchev–Trinajstić information content (AvgIpc) is 3.16. The zero-order chi connectivity index (χ0) is 21.1. The molecule has 2 aromatic carbocycles. The summed E-state index contributed by atoms with van der Waals surface area (Å²) in [6, 6.07) is 17.2. The number of hydrogen-bond acceptors (Lipinski definition) is 3. The van der Waals surface area contributed by atoms with E-state index in [1.807, 2.05) is 84.1 Å². The van der Waals surface area contributed by atoms with Gasteiger partial charge in [0, 0.05) is 47.5 Å². The van der Waals surface area contributed by atoms with Crippen LogP contribution in [0.1, 0.15) is 24.3 Å². The number of carbonyl (C=O) groups is 2. The van der Waals surface area contributed by atoms with Gasteiger partial charge in [-0.25, -0.2) is 0 Å². The number of amides is 2. The number of likely N-dealkylation sites (N-methyl/N-ethyl adjacent to an activating group) is 1. The van der Waals surface area contributed by atoms with E-state index in [1.54, 1.807) is 6.20 Å². The van der Waals surface area contributed by atoms with Gasteiger partial charge in [-0.15, -0.1) is 0 Å². The maximum absolute atomic E-state index is 12.8. The molecule has 0 aliphatic carbocycles. The quantitative estimate of drug-likeness (QED) is 0.524. The van der Waals surface area contributed by atoms with Crippen molar-refractivity contribution in [2.24, 2.45) is 0 Å². The van der Waals surface area contributed by atoms with Gasteiger partial charge in [0.1, 0.15) is 12.2 Å². The van der Waals surface area contributed by atoms with Crippen molar-refractivity contribution in [3.63, 3.8) is 0 Å². The van der Waals surface area contributed by atoms with Gasteiger partial charge in [0.25, 0.3) is 5.91 Å². The molecule has 6 nitrogen and oxygen atoms in total. The molecule has 4 aromatic rings. The summed E-state index contributed by atoms with van der Waals surface area (Å²) in [4.78, 5) is 31.4. The number of carbonyl (C=O) groups excluding carboxylic acids is 2. The number of fused-ring (bicyclic) bond motifs is 2. The minimum atomic E-state index is -0.248. The number of nitrogens with one attached hydrogen (secondary N) is 1. The molecule has 0 atom stereocenters. The third-order valence-electron chi connectivity index (χ3n) is 5.34. The molecule has 0 radical (unpaired) electrons. The molecule has 0 saturated carbocycles. The zero-order valence-electron chi connectivity index (χ0n) is 17.1. The Balaban J connectivity index is 1.56. The van der Waals surface area contributed by atoms with Gasteiger partial charge < -0.3 is 14.8 Å². The van der Waals surface area contributed by atoms with Gasteiger partial charge in [-0.2, -0.15) is 0 Å². The second kappa shape index (κ2) is 8.37. The van der Waals surface area contributed by atoms with Crippen LogP contribution in [0.15, 0.2) is 67.0 Å². The van der Waals surface area contributed by atoms with E-state index in [1.165, 1.54) is 0 Å². The molecule has 0 fully saturated rings. The molecule has 4 rings (SSSR count). The van der Waals surface area contributed by atoms with Gasteiger partial charge >= 0.3 is 0 Å². The Kier molecular flexibility index (Phi) is 5.48. The van der Waals surface area contributed by atoms with E-state index < -0.39 is 0 Å². The smallest absolute Gasteiger partial charge is 0.274 e. The van der Waals surface area contributed by atoms with Crippen LogP contribution in [0.3, 0.4) is 0 Å². The number of rotatable bonds is 6. The summed E-state index contributed by atoms with van der Waals surface area (Å²) in [6.07, 6.45) is 3.55. The first kappa shape index (κ1) is 19.6. The Morgan fingerprint density at radius 1 is 1.00 bits per heavy atom. The lowest BCUT2D eigenvalue weighted by atomic mass is 10.1. The van der Waals surface area contributed by atoms with Crippen LogP contribution in [0.5, 0.6) is 0 Å². The highest BCUT2D eigenvalue weighted by atomic mass is 16.2. The Morgan fingerprint density at radius 3 is 2.60 bits per heavy atom. The fourth-order valence-corrected chi connectivity index (χ4v) is 3.73. The summed E-state index contributed by atoms with van der Waals surface area (Å²) in [5, 5.41) is 5.70. The molecule has 152 valence electrons. The van der Waals surface area contributed by atoms with Crippen LogP contribution in [-0.2, 0) is 11.3 Å². The van der Waals surface area contributed by atoms with Crippen molar-refractivity contribution in [2.75, 3.05) is 18.4 Å². The minimum Gasteiger partial charge on any atom is -0.342 e. The summed E-state index contributed by atoms with van der Waals surface area (Å²) in [6.45, 7) is 5.67. The third-order valence-corrected chi connectivity index (χ3v) is 5.34. The maximum Gasteiger partial charge on any atom is 0.274 e. The van der Waals surface area contributed by atoms with Crippen LogP contribution in [0.4, 0.5) is 5.69 Å². The summed E-state index contributed by atoms with van der Waals surface area (Å²) in [7, 11) is 0. The Labute approximate surface area is 175 Å². The van der Waals surface area contributed by atoms with Crippen LogP contribution in [0, 0.1) is 0 Å². The molecule has 2 amide bonds. The molecule has 1 N–H and O–H groups in total. The normalized spacial score (nSPS) is 11.0. The highest BCUT2D eigenvalue weighted by molar-refractivity contribution is 6.11. The van der Waals surface area contributed by atoms with Crippen molar-refractivity contribution in [3.05, 3.63) is 72.7 Å². The van der Waals surface area contributed by atoms with E-state index in [9.17, 15) is 9.59 Å². The zero-order valence-corrected chi connectivity index (χ0v) is 17.1. The first-order chi connectivity index (χ1) is 14.6. The summed E-state index contributed by atoms with van der Waals surface area (Å²) >= 11 is 0. The lowest BCUT2D eigenvalue weighted by Crippen LogP contribution is -2.33. The third kappa shape index (κ3) is 3.76. The van der Waals surface area contributed by atoms with Crippen molar-refractivity contribution in [1.29, 1.82) is 0 Å². The van der Waals surface area contributed by atoms with Gasteiger partial charge in [0.2, 0.25) is 5.91 Å². The highest BCUT2D eigenvalue weighted by Crippen LogP contribution is 2.22. The molecule has 2 heterocycles. The minimum absolute atomic E-state index is 0.0944. The lowest BCUT2D eigenvalue weighted by Gasteiger charge is -2.19. The fraction of sp³-hybridized carbons (Fsp3) is 0.208. The number of nitrogens with zero attached hydrogens (tertiary/aromatic N) is 3. The molecule has 30 heavy (non-hydrogen) atoms. The topological polar surface area (TPSA) is 67.2 Å². The average molecular weight is 400 g/mol.